The molecule has 19 heavy (non-hydrogen) atoms. The van der Waals surface area contributed by atoms with E-state index in [0.29, 0.717) is 5.56 Å². The Labute approximate surface area is 109 Å². The molecular formula is C14H13F2N3. The molecule has 1 aromatic carbocycles. The van der Waals surface area contributed by atoms with Gasteiger partial charge in [0.15, 0.2) is 0 Å². The average molecular weight is 261 g/mol. The van der Waals surface area contributed by atoms with Crippen molar-refractivity contribution in [1.29, 1.82) is 0 Å². The lowest BCUT2D eigenvalue weighted by atomic mass is 10.2. The van der Waals surface area contributed by atoms with E-state index in [4.69, 9.17) is 0 Å². The van der Waals surface area contributed by atoms with Crippen LogP contribution >= 0.6 is 0 Å². The van der Waals surface area contributed by atoms with Crippen LogP contribution in [0.1, 0.15) is 23.2 Å². The van der Waals surface area contributed by atoms with Crippen LogP contribution in [0.4, 0.5) is 14.6 Å². The SMILES string of the molecule is Fc1ccc(F)c(CNc2ncnc3c2CCC3)c1. The Morgan fingerprint density at radius 2 is 2.05 bits per heavy atom. The first kappa shape index (κ1) is 12.0. The normalized spacial score (nSPS) is 13.4. The highest BCUT2D eigenvalue weighted by Gasteiger charge is 2.17. The van der Waals surface area contributed by atoms with Crippen LogP contribution in [-0.2, 0) is 19.4 Å². The smallest absolute Gasteiger partial charge is 0.133 e. The van der Waals surface area contributed by atoms with Crippen LogP contribution in [0.5, 0.6) is 0 Å². The number of halogens is 2. The van der Waals surface area contributed by atoms with Crippen molar-refractivity contribution in [2.45, 2.75) is 25.8 Å². The number of benzene rings is 1. The van der Waals surface area contributed by atoms with E-state index in [2.05, 4.69) is 15.3 Å². The second-order valence-corrected chi connectivity index (χ2v) is 4.59. The second kappa shape index (κ2) is 4.91. The monoisotopic (exact) mass is 261 g/mol. The van der Waals surface area contributed by atoms with Crippen LogP contribution in [0.15, 0.2) is 24.5 Å². The molecule has 1 heterocycles. The molecule has 0 unspecified atom stereocenters. The lowest BCUT2D eigenvalue weighted by Gasteiger charge is -2.10. The van der Waals surface area contributed by atoms with Gasteiger partial charge in [0.25, 0.3) is 0 Å². The Hall–Kier alpha value is -2.04. The minimum atomic E-state index is -0.439. The fourth-order valence-corrected chi connectivity index (χ4v) is 2.37. The van der Waals surface area contributed by atoms with Gasteiger partial charge in [0, 0.05) is 23.4 Å². The topological polar surface area (TPSA) is 37.8 Å². The van der Waals surface area contributed by atoms with E-state index in [-0.39, 0.29) is 6.54 Å². The average Bonchev–Trinajstić information content (AvgIpc) is 2.88. The molecule has 0 spiro atoms. The molecule has 1 N–H and O–H groups in total. The summed E-state index contributed by atoms with van der Waals surface area (Å²) in [6, 6.07) is 3.45. The summed E-state index contributed by atoms with van der Waals surface area (Å²) in [5, 5.41) is 3.07. The third-order valence-corrected chi connectivity index (χ3v) is 3.33. The van der Waals surface area contributed by atoms with Crippen molar-refractivity contribution in [3.63, 3.8) is 0 Å². The van der Waals surface area contributed by atoms with E-state index in [9.17, 15) is 8.78 Å². The van der Waals surface area contributed by atoms with Crippen molar-refractivity contribution >= 4 is 5.82 Å². The standard InChI is InChI=1S/C14H13F2N3/c15-10-4-5-12(16)9(6-10)7-17-14-11-2-1-3-13(11)18-8-19-14/h4-6,8H,1-3,7H2,(H,17,18,19). The van der Waals surface area contributed by atoms with Gasteiger partial charge in [-0.15, -0.1) is 0 Å². The summed E-state index contributed by atoms with van der Waals surface area (Å²) in [5.74, 6) is -0.128. The molecular weight excluding hydrogens is 248 g/mol. The fourth-order valence-electron chi connectivity index (χ4n) is 2.37. The highest BCUT2D eigenvalue weighted by molar-refractivity contribution is 5.48. The summed E-state index contributed by atoms with van der Waals surface area (Å²) in [6.07, 6.45) is 4.47. The van der Waals surface area contributed by atoms with Crippen LogP contribution in [0.3, 0.4) is 0 Å². The van der Waals surface area contributed by atoms with Gasteiger partial charge in [-0.05, 0) is 37.5 Å². The zero-order valence-electron chi connectivity index (χ0n) is 10.3. The Morgan fingerprint density at radius 3 is 2.95 bits per heavy atom. The first-order valence-electron chi connectivity index (χ1n) is 6.24. The third kappa shape index (κ3) is 2.41. The van der Waals surface area contributed by atoms with Gasteiger partial charge in [0.2, 0.25) is 0 Å². The maximum absolute atomic E-state index is 13.5. The number of hydrogen-bond acceptors (Lipinski definition) is 3. The van der Waals surface area contributed by atoms with Crippen molar-refractivity contribution in [1.82, 2.24) is 9.97 Å². The molecule has 1 aliphatic carbocycles. The Balaban J connectivity index is 1.80. The summed E-state index contributed by atoms with van der Waals surface area (Å²) in [7, 11) is 0. The molecule has 98 valence electrons. The summed E-state index contributed by atoms with van der Waals surface area (Å²) < 4.78 is 26.6. The number of nitrogens with zero attached hydrogens (tertiary/aromatic N) is 2. The molecule has 0 radical (unpaired) electrons. The van der Waals surface area contributed by atoms with Crippen molar-refractivity contribution in [2.75, 3.05) is 5.32 Å². The minimum absolute atomic E-state index is 0.215. The molecule has 0 saturated heterocycles. The van der Waals surface area contributed by atoms with Gasteiger partial charge in [0.1, 0.15) is 23.8 Å². The van der Waals surface area contributed by atoms with Crippen LogP contribution in [0.2, 0.25) is 0 Å². The van der Waals surface area contributed by atoms with Crippen LogP contribution in [0.25, 0.3) is 0 Å². The minimum Gasteiger partial charge on any atom is -0.366 e. The summed E-state index contributed by atoms with van der Waals surface area (Å²) in [5.41, 5.74) is 2.45. The maximum Gasteiger partial charge on any atom is 0.133 e. The van der Waals surface area contributed by atoms with Gasteiger partial charge in [-0.25, -0.2) is 18.7 Å². The molecule has 0 saturated carbocycles. The van der Waals surface area contributed by atoms with E-state index in [1.165, 1.54) is 12.4 Å². The van der Waals surface area contributed by atoms with Gasteiger partial charge < -0.3 is 5.32 Å². The number of nitrogens with one attached hydrogen (secondary N) is 1. The molecule has 1 aliphatic rings. The van der Waals surface area contributed by atoms with Gasteiger partial charge in [-0.3, -0.25) is 0 Å². The van der Waals surface area contributed by atoms with E-state index < -0.39 is 11.6 Å². The Morgan fingerprint density at radius 1 is 1.16 bits per heavy atom. The molecule has 0 bridgehead atoms. The quantitative estimate of drug-likeness (QED) is 0.923. The predicted molar refractivity (Wildman–Crippen MR) is 67.7 cm³/mol. The number of aryl methyl sites for hydroxylation is 1. The van der Waals surface area contributed by atoms with Gasteiger partial charge >= 0.3 is 0 Å². The maximum atomic E-state index is 13.5. The molecule has 3 rings (SSSR count). The van der Waals surface area contributed by atoms with E-state index >= 15 is 0 Å². The zero-order valence-corrected chi connectivity index (χ0v) is 10.3. The molecule has 1 aromatic heterocycles. The predicted octanol–water partition coefficient (Wildman–Crippen LogP) is 2.86. The van der Waals surface area contributed by atoms with Crippen molar-refractivity contribution in [3.05, 3.63) is 53.0 Å². The Kier molecular flexibility index (Phi) is 3.11. The number of anilines is 1. The molecule has 0 amide bonds. The summed E-state index contributed by atoms with van der Waals surface area (Å²) in [4.78, 5) is 8.40. The van der Waals surface area contributed by atoms with Crippen LogP contribution in [0, 0.1) is 11.6 Å². The van der Waals surface area contributed by atoms with Crippen molar-refractivity contribution in [2.24, 2.45) is 0 Å². The lowest BCUT2D eigenvalue weighted by Crippen LogP contribution is -2.07. The number of rotatable bonds is 3. The first-order chi connectivity index (χ1) is 9.24. The highest BCUT2D eigenvalue weighted by atomic mass is 19.1. The van der Waals surface area contributed by atoms with E-state index in [1.807, 2.05) is 0 Å². The number of fused-ring (bicyclic) bond motifs is 1. The molecule has 0 atom stereocenters. The molecule has 3 nitrogen and oxygen atoms in total. The zero-order chi connectivity index (χ0) is 13.2. The van der Waals surface area contributed by atoms with E-state index in [0.717, 1.165) is 48.5 Å². The van der Waals surface area contributed by atoms with Gasteiger partial charge in [-0.1, -0.05) is 0 Å². The third-order valence-electron chi connectivity index (χ3n) is 3.33. The molecule has 0 fully saturated rings. The Bertz CT molecular complexity index is 614. The van der Waals surface area contributed by atoms with Crippen molar-refractivity contribution < 1.29 is 8.78 Å². The second-order valence-electron chi connectivity index (χ2n) is 4.59. The number of hydrogen-bond donors (Lipinski definition) is 1. The number of aromatic nitrogens is 2. The first-order valence-corrected chi connectivity index (χ1v) is 6.24. The van der Waals surface area contributed by atoms with Gasteiger partial charge in [-0.2, -0.15) is 0 Å². The van der Waals surface area contributed by atoms with Crippen LogP contribution in [-0.4, -0.2) is 9.97 Å². The van der Waals surface area contributed by atoms with Gasteiger partial charge in [0.05, 0.1) is 0 Å². The molecule has 2 aromatic rings. The fraction of sp³-hybridized carbons (Fsp3) is 0.286. The lowest BCUT2D eigenvalue weighted by molar-refractivity contribution is 0.587. The van der Waals surface area contributed by atoms with Crippen molar-refractivity contribution in [3.8, 4) is 0 Å². The summed E-state index contributed by atoms with van der Waals surface area (Å²) >= 11 is 0. The van der Waals surface area contributed by atoms with E-state index in [1.54, 1.807) is 0 Å². The molecule has 0 aliphatic heterocycles. The molecule has 5 heteroatoms. The largest absolute Gasteiger partial charge is 0.366 e. The summed E-state index contributed by atoms with van der Waals surface area (Å²) in [6.45, 7) is 0.215. The highest BCUT2D eigenvalue weighted by Crippen LogP contribution is 2.25. The van der Waals surface area contributed by atoms with Crippen LogP contribution < -0.4 is 5.32 Å².